The fraction of sp³-hybridized carbons (Fsp3) is 0.835. The second-order valence-electron chi connectivity index (χ2n) is 32.6. The Kier molecular flexibility index (Phi) is 78.3. The molecule has 0 amide bonds. The summed E-state index contributed by atoms with van der Waals surface area (Å²) in [5.74, 6) is -0.315. The van der Waals surface area contributed by atoms with Gasteiger partial charge in [-0.15, -0.1) is 0 Å². The molecule has 0 saturated heterocycles. The standard InChI is InChI=1S/C97H174O10/c1-8-13-18-23-25-27-29-31-33-35-37-39-53-61-72-83-95(102)106-90(77-66-21-16-11-4)79-68-57-49-43-45-51-59-70-81-93(100)104-86-97(7,92(99)85-89(75-64-20-15-10-3)76-65-56-48-42-41-47-55-63-74-88(6)98)87-105-94(101)82-71-60-52-46-44-50-58-69-80-91(78-67-22-17-12-5)107-96(103)84-73-62-54-40-38-36-34-32-30-28-26-24-19-14-9-2/h31-34,56-58,65,68-69,89-91H,8-30,35-55,59-64,66-67,70-87H2,1-7H3/b33-31+,34-32+,65-56+,68-57+,69-58+. The smallest absolute Gasteiger partial charge is 0.306 e. The highest BCUT2D eigenvalue weighted by molar-refractivity contribution is 5.86. The topological polar surface area (TPSA) is 139 Å². The molecule has 0 aliphatic heterocycles. The predicted octanol–water partition coefficient (Wildman–Crippen LogP) is 30.1. The Morgan fingerprint density at radius 1 is 0.271 bits per heavy atom. The second-order valence-corrected chi connectivity index (χ2v) is 32.6. The summed E-state index contributed by atoms with van der Waals surface area (Å²) in [5.41, 5.74) is -1.15. The summed E-state index contributed by atoms with van der Waals surface area (Å²) in [5, 5.41) is 0. The molecule has 10 nitrogen and oxygen atoms in total. The molecule has 0 N–H and O–H groups in total. The zero-order valence-corrected chi connectivity index (χ0v) is 71.6. The number of carbonyl (C=O) groups excluding carboxylic acids is 6. The Labute approximate surface area is 662 Å². The predicted molar refractivity (Wildman–Crippen MR) is 457 cm³/mol. The van der Waals surface area contributed by atoms with E-state index in [4.69, 9.17) is 18.9 Å². The highest BCUT2D eigenvalue weighted by Gasteiger charge is 2.37. The molecule has 0 aliphatic rings. The van der Waals surface area contributed by atoms with Crippen molar-refractivity contribution in [1.82, 2.24) is 0 Å². The van der Waals surface area contributed by atoms with Gasteiger partial charge in [-0.2, -0.15) is 0 Å². The van der Waals surface area contributed by atoms with Crippen LogP contribution in [0, 0.1) is 11.3 Å². The van der Waals surface area contributed by atoms with Gasteiger partial charge in [0.15, 0.2) is 0 Å². The highest BCUT2D eigenvalue weighted by atomic mass is 16.6. The molecule has 0 aromatic rings. The van der Waals surface area contributed by atoms with Gasteiger partial charge in [-0.05, 0) is 180 Å². The average molecular weight is 1500 g/mol. The van der Waals surface area contributed by atoms with E-state index in [9.17, 15) is 28.8 Å². The molecule has 107 heavy (non-hydrogen) atoms. The van der Waals surface area contributed by atoms with E-state index in [-0.39, 0.29) is 79.6 Å². The van der Waals surface area contributed by atoms with Crippen molar-refractivity contribution in [3.63, 3.8) is 0 Å². The number of hydrogen-bond donors (Lipinski definition) is 0. The van der Waals surface area contributed by atoms with Crippen LogP contribution in [0.5, 0.6) is 0 Å². The molecule has 622 valence electrons. The van der Waals surface area contributed by atoms with Crippen molar-refractivity contribution in [3.8, 4) is 0 Å². The van der Waals surface area contributed by atoms with Crippen LogP contribution in [0.1, 0.15) is 485 Å². The first-order chi connectivity index (χ1) is 52.3. The van der Waals surface area contributed by atoms with Crippen molar-refractivity contribution in [2.45, 2.75) is 497 Å². The fourth-order valence-corrected chi connectivity index (χ4v) is 14.1. The summed E-state index contributed by atoms with van der Waals surface area (Å²) < 4.78 is 24.0. The van der Waals surface area contributed by atoms with E-state index in [1.165, 1.54) is 186 Å². The number of esters is 4. The zero-order valence-electron chi connectivity index (χ0n) is 71.6. The third-order valence-corrected chi connectivity index (χ3v) is 21.5. The molecular formula is C97H174O10. The monoisotopic (exact) mass is 1500 g/mol. The van der Waals surface area contributed by atoms with Crippen LogP contribution in [0.15, 0.2) is 60.8 Å². The molecule has 0 fully saturated rings. The lowest BCUT2D eigenvalue weighted by Crippen LogP contribution is -2.40. The number of allylic oxidation sites excluding steroid dienone is 8. The van der Waals surface area contributed by atoms with Gasteiger partial charge >= 0.3 is 23.9 Å². The van der Waals surface area contributed by atoms with Crippen LogP contribution in [0.4, 0.5) is 0 Å². The molecule has 3 unspecified atom stereocenters. The lowest BCUT2D eigenvalue weighted by molar-refractivity contribution is -0.158. The Hall–Kier alpha value is -4.08. The summed E-state index contributed by atoms with van der Waals surface area (Å²) in [6.07, 6.45) is 94.6. The van der Waals surface area contributed by atoms with Crippen LogP contribution in [-0.4, -0.2) is 60.9 Å². The summed E-state index contributed by atoms with van der Waals surface area (Å²) in [7, 11) is 0. The van der Waals surface area contributed by atoms with Gasteiger partial charge < -0.3 is 23.7 Å². The third kappa shape index (κ3) is 74.4. The largest absolute Gasteiger partial charge is 0.464 e. The van der Waals surface area contributed by atoms with Crippen LogP contribution in [-0.2, 0) is 47.7 Å². The van der Waals surface area contributed by atoms with E-state index in [1.807, 2.05) is 6.92 Å². The highest BCUT2D eigenvalue weighted by Crippen LogP contribution is 2.30. The first-order valence-electron chi connectivity index (χ1n) is 46.3. The van der Waals surface area contributed by atoms with Crippen molar-refractivity contribution < 1.29 is 47.7 Å². The molecule has 0 bridgehead atoms. The third-order valence-electron chi connectivity index (χ3n) is 21.5. The fourth-order valence-electron chi connectivity index (χ4n) is 14.1. The molecule has 10 heteroatoms. The van der Waals surface area contributed by atoms with E-state index in [2.05, 4.69) is 95.4 Å². The minimum Gasteiger partial charge on any atom is -0.464 e. The maximum absolute atomic E-state index is 14.6. The molecule has 3 atom stereocenters. The molecule has 0 aliphatic carbocycles. The molecule has 0 spiro atoms. The van der Waals surface area contributed by atoms with Gasteiger partial charge in [0.1, 0.15) is 37.0 Å². The number of ketones is 2. The lowest BCUT2D eigenvalue weighted by Gasteiger charge is -2.29. The van der Waals surface area contributed by atoms with Crippen molar-refractivity contribution in [1.29, 1.82) is 0 Å². The Balaban J connectivity index is 5.27. The van der Waals surface area contributed by atoms with Gasteiger partial charge in [-0.1, -0.05) is 320 Å². The number of carbonyl (C=O) groups is 6. The number of unbranched alkanes of at least 4 members (excludes halogenated alkanes) is 46. The average Bonchev–Trinajstić information content (AvgIpc) is 0.844. The maximum atomic E-state index is 14.6. The Bertz CT molecular complexity index is 2060. The van der Waals surface area contributed by atoms with Gasteiger partial charge in [-0.25, -0.2) is 0 Å². The van der Waals surface area contributed by atoms with Gasteiger partial charge in [0.2, 0.25) is 0 Å². The normalized spacial score (nSPS) is 13.4. The van der Waals surface area contributed by atoms with E-state index >= 15 is 0 Å². The molecule has 0 radical (unpaired) electrons. The first-order valence-corrected chi connectivity index (χ1v) is 46.3. The van der Waals surface area contributed by atoms with Crippen LogP contribution >= 0.6 is 0 Å². The maximum Gasteiger partial charge on any atom is 0.306 e. The first kappa shape index (κ1) is 103. The van der Waals surface area contributed by atoms with E-state index in [0.717, 1.165) is 212 Å². The van der Waals surface area contributed by atoms with Crippen LogP contribution in [0.3, 0.4) is 0 Å². The summed E-state index contributed by atoms with van der Waals surface area (Å²) in [6.45, 7) is 14.5. The van der Waals surface area contributed by atoms with Crippen molar-refractivity contribution >= 4 is 35.4 Å². The minimum absolute atomic E-state index is 0.0132. The Morgan fingerprint density at radius 3 is 0.822 bits per heavy atom. The van der Waals surface area contributed by atoms with Gasteiger partial charge in [0, 0.05) is 51.4 Å². The molecule has 0 heterocycles. The van der Waals surface area contributed by atoms with Crippen molar-refractivity contribution in [2.75, 3.05) is 13.2 Å². The second kappa shape index (κ2) is 81.4. The van der Waals surface area contributed by atoms with E-state index < -0.39 is 5.41 Å². The minimum atomic E-state index is -1.15. The number of Topliss-reactive ketones (excluding diaryl/α,β-unsaturated/α-hetero) is 2. The van der Waals surface area contributed by atoms with Crippen LogP contribution in [0.2, 0.25) is 0 Å². The number of hydrogen-bond acceptors (Lipinski definition) is 10. The van der Waals surface area contributed by atoms with E-state index in [0.29, 0.717) is 25.7 Å². The van der Waals surface area contributed by atoms with Gasteiger partial charge in [-0.3, -0.25) is 24.0 Å². The van der Waals surface area contributed by atoms with Crippen molar-refractivity contribution in [3.05, 3.63) is 60.8 Å². The van der Waals surface area contributed by atoms with Crippen molar-refractivity contribution in [2.24, 2.45) is 11.3 Å². The SMILES string of the molecule is CCCCCCCC/C=C/CCCCCCCC(=O)OC(C/C=C/CCCCCCCC(=O)OCC(C)(COC(=O)CCCCCCC/C=C/CC(CCCCCC)OC(=O)CCCCCCC/C=C/CCCCCCCC)C(=O)CC(C/C=C/CCCCCCCC(C)=O)CCCCCC)CCCCCC. The van der Waals surface area contributed by atoms with Crippen LogP contribution < -0.4 is 0 Å². The molecule has 0 saturated carbocycles. The summed E-state index contributed by atoms with van der Waals surface area (Å²) in [6, 6.07) is 0. The zero-order chi connectivity index (χ0) is 78.1. The van der Waals surface area contributed by atoms with Crippen LogP contribution in [0.25, 0.3) is 0 Å². The van der Waals surface area contributed by atoms with Gasteiger partial charge in [0.25, 0.3) is 0 Å². The number of rotatable bonds is 84. The molecule has 0 rings (SSSR count). The summed E-state index contributed by atoms with van der Waals surface area (Å²) >= 11 is 0. The quantitative estimate of drug-likeness (QED) is 0.0250. The summed E-state index contributed by atoms with van der Waals surface area (Å²) in [4.78, 5) is 78.6. The lowest BCUT2D eigenvalue weighted by atomic mass is 9.80. The molecular weight excluding hydrogens is 1330 g/mol. The molecule has 0 aromatic carbocycles. The number of ether oxygens (including phenoxy) is 4. The van der Waals surface area contributed by atoms with E-state index in [1.54, 1.807) is 6.92 Å². The Morgan fingerprint density at radius 2 is 0.514 bits per heavy atom. The van der Waals surface area contributed by atoms with Gasteiger partial charge in [0.05, 0.1) is 5.41 Å². The molecule has 0 aromatic heterocycles.